The SMILES string of the molecule is CCC1OC(=O)C(C)C(OC2CC(C)(OC)C(O)C(C)O2)C(C)C(OC2OC(C)CC(N(C)C)C2O)C(C)(OC)CC(C)/C(=N/OCc2c(C)cc(C)cc2C)C(C)C(O)C1(C)O. The summed E-state index contributed by atoms with van der Waals surface area (Å²) >= 11 is 0. The number of aliphatic hydroxyl groups excluding tert-OH is 3. The molecule has 0 amide bonds. The van der Waals surface area contributed by atoms with Gasteiger partial charge < -0.3 is 63.3 Å². The van der Waals surface area contributed by atoms with E-state index in [1.54, 1.807) is 41.7 Å². The Morgan fingerprint density at radius 1 is 0.857 bits per heavy atom. The van der Waals surface area contributed by atoms with Crippen LogP contribution in [-0.2, 0) is 49.4 Å². The van der Waals surface area contributed by atoms with Crippen molar-refractivity contribution in [2.45, 2.75) is 207 Å². The molecule has 1 aromatic rings. The standard InChI is InChI=1S/C48H82N2O13/c1-18-36-48(13,55)41(52)30(7)38(49-58-24-34-26(3)19-25(2)20-27(34)4)28(5)22-47(12,57-17)43(63-45-39(51)35(50(14)15)21-29(6)59-45)31(8)40(32(9)44(54)61-36)62-37-23-46(11,56-16)42(53)33(10)60-37/h19-20,28-33,35-37,39-43,45,51-53,55H,18,21-24H2,1-17H3/b49-38-. The Labute approximate surface area is 377 Å². The molecule has 15 nitrogen and oxygen atoms in total. The highest BCUT2D eigenvalue weighted by Gasteiger charge is 2.54. The van der Waals surface area contributed by atoms with Crippen LogP contribution in [0, 0.1) is 44.4 Å². The third-order valence-corrected chi connectivity index (χ3v) is 14.5. The van der Waals surface area contributed by atoms with Crippen molar-refractivity contribution >= 4 is 11.7 Å². The Balaban J connectivity index is 1.91. The third-order valence-electron chi connectivity index (χ3n) is 14.5. The number of hydrogen-bond acceptors (Lipinski definition) is 15. The first kappa shape index (κ1) is 53.3. The second-order valence-corrected chi connectivity index (χ2v) is 19.9. The van der Waals surface area contributed by atoms with E-state index in [1.165, 1.54) is 14.0 Å². The molecule has 18 atom stereocenters. The van der Waals surface area contributed by atoms with Crippen LogP contribution >= 0.6 is 0 Å². The van der Waals surface area contributed by atoms with Crippen molar-refractivity contribution in [1.82, 2.24) is 4.90 Å². The number of methoxy groups -OCH3 is 2. The van der Waals surface area contributed by atoms with Crippen LogP contribution in [0.1, 0.15) is 117 Å². The zero-order valence-electron chi connectivity index (χ0n) is 41.2. The quantitative estimate of drug-likeness (QED) is 0.164. The summed E-state index contributed by atoms with van der Waals surface area (Å²) in [7, 11) is 6.91. The number of likely N-dealkylation sites (N-methyl/N-ethyl adjacent to an activating group) is 1. The number of cyclic esters (lactones) is 1. The highest BCUT2D eigenvalue weighted by atomic mass is 16.7. The van der Waals surface area contributed by atoms with E-state index in [0.29, 0.717) is 12.1 Å². The second-order valence-electron chi connectivity index (χ2n) is 19.9. The van der Waals surface area contributed by atoms with Crippen molar-refractivity contribution in [2.75, 3.05) is 28.3 Å². The minimum atomic E-state index is -1.93. The van der Waals surface area contributed by atoms with E-state index in [9.17, 15) is 25.2 Å². The molecule has 3 fully saturated rings. The molecule has 0 bridgehead atoms. The van der Waals surface area contributed by atoms with Crippen LogP contribution < -0.4 is 0 Å². The summed E-state index contributed by atoms with van der Waals surface area (Å²) in [6.45, 7) is 24.2. The van der Waals surface area contributed by atoms with Crippen LogP contribution in [0.5, 0.6) is 0 Å². The number of esters is 1. The van der Waals surface area contributed by atoms with Gasteiger partial charge in [0.05, 0.1) is 53.4 Å². The van der Waals surface area contributed by atoms with Crippen LogP contribution in [0.2, 0.25) is 0 Å². The molecule has 362 valence electrons. The van der Waals surface area contributed by atoms with Gasteiger partial charge >= 0.3 is 5.97 Å². The Morgan fingerprint density at radius 3 is 2.02 bits per heavy atom. The van der Waals surface area contributed by atoms with E-state index >= 15 is 0 Å². The Morgan fingerprint density at radius 2 is 1.46 bits per heavy atom. The maximum Gasteiger partial charge on any atom is 0.311 e. The fourth-order valence-electron chi connectivity index (χ4n) is 10.4. The van der Waals surface area contributed by atoms with Gasteiger partial charge in [0.25, 0.3) is 0 Å². The minimum absolute atomic E-state index is 0.133. The zero-order chi connectivity index (χ0) is 47.5. The summed E-state index contributed by atoms with van der Waals surface area (Å²) < 4.78 is 45.0. The Kier molecular flexibility index (Phi) is 18.3. The van der Waals surface area contributed by atoms with Crippen LogP contribution in [-0.4, -0.2) is 150 Å². The number of rotatable bonds is 11. The minimum Gasteiger partial charge on any atom is -0.459 e. The van der Waals surface area contributed by atoms with E-state index in [2.05, 4.69) is 12.1 Å². The molecule has 15 heteroatoms. The van der Waals surface area contributed by atoms with Crippen LogP contribution in [0.15, 0.2) is 17.3 Å². The van der Waals surface area contributed by atoms with Gasteiger partial charge in [0.1, 0.15) is 30.5 Å². The van der Waals surface area contributed by atoms with Crippen molar-refractivity contribution < 1.29 is 63.2 Å². The van der Waals surface area contributed by atoms with Gasteiger partial charge in [-0.25, -0.2) is 0 Å². The Bertz CT molecular complexity index is 1670. The first-order valence-corrected chi connectivity index (χ1v) is 22.9. The monoisotopic (exact) mass is 895 g/mol. The van der Waals surface area contributed by atoms with Crippen molar-refractivity contribution in [1.29, 1.82) is 0 Å². The van der Waals surface area contributed by atoms with Crippen molar-refractivity contribution in [3.8, 4) is 0 Å². The molecule has 0 aromatic heterocycles. The van der Waals surface area contributed by atoms with Gasteiger partial charge in [0, 0.05) is 44.4 Å². The maximum atomic E-state index is 14.5. The second kappa shape index (κ2) is 21.6. The van der Waals surface area contributed by atoms with Gasteiger partial charge in [0.15, 0.2) is 12.6 Å². The number of ether oxygens (including phenoxy) is 7. The van der Waals surface area contributed by atoms with Crippen LogP contribution in [0.4, 0.5) is 0 Å². The number of aryl methyl sites for hydroxylation is 3. The van der Waals surface area contributed by atoms with E-state index in [4.69, 9.17) is 43.2 Å². The lowest BCUT2D eigenvalue weighted by molar-refractivity contribution is -0.319. The number of aliphatic hydroxyl groups is 4. The predicted molar refractivity (Wildman–Crippen MR) is 239 cm³/mol. The molecule has 3 aliphatic rings. The van der Waals surface area contributed by atoms with Crippen molar-refractivity contribution in [2.24, 2.45) is 28.8 Å². The van der Waals surface area contributed by atoms with E-state index in [-0.39, 0.29) is 38.0 Å². The summed E-state index contributed by atoms with van der Waals surface area (Å²) in [5, 5.41) is 52.0. The van der Waals surface area contributed by atoms with Crippen LogP contribution in [0.25, 0.3) is 0 Å². The van der Waals surface area contributed by atoms with Gasteiger partial charge in [0.2, 0.25) is 0 Å². The molecule has 3 saturated heterocycles. The predicted octanol–water partition coefficient (Wildman–Crippen LogP) is 5.37. The van der Waals surface area contributed by atoms with Gasteiger partial charge in [-0.05, 0) is 112 Å². The molecule has 3 aliphatic heterocycles. The molecular weight excluding hydrogens is 813 g/mol. The molecule has 0 aliphatic carbocycles. The maximum absolute atomic E-state index is 14.5. The van der Waals surface area contributed by atoms with Gasteiger partial charge in [-0.2, -0.15) is 0 Å². The number of nitrogens with zero attached hydrogens (tertiary/aromatic N) is 2. The van der Waals surface area contributed by atoms with Crippen LogP contribution in [0.3, 0.4) is 0 Å². The lowest BCUT2D eigenvalue weighted by Gasteiger charge is -2.50. The number of oxime groups is 1. The normalized spacial score (nSPS) is 43.1. The smallest absolute Gasteiger partial charge is 0.311 e. The van der Waals surface area contributed by atoms with E-state index in [0.717, 1.165) is 22.3 Å². The molecule has 3 heterocycles. The highest BCUT2D eigenvalue weighted by Crippen LogP contribution is 2.42. The first-order valence-electron chi connectivity index (χ1n) is 22.9. The number of benzene rings is 1. The molecular formula is C48H82N2O13. The summed E-state index contributed by atoms with van der Waals surface area (Å²) in [5.74, 6) is -3.65. The third kappa shape index (κ3) is 11.8. The summed E-state index contributed by atoms with van der Waals surface area (Å²) in [6, 6.07) is 3.91. The molecule has 18 unspecified atom stereocenters. The lowest BCUT2D eigenvalue weighted by Crippen LogP contribution is -2.61. The average Bonchev–Trinajstić information content (AvgIpc) is 3.21. The largest absolute Gasteiger partial charge is 0.459 e. The fourth-order valence-corrected chi connectivity index (χ4v) is 10.4. The highest BCUT2D eigenvalue weighted by molar-refractivity contribution is 5.88. The fraction of sp³-hybridized carbons (Fsp3) is 0.833. The topological polar surface area (TPSA) is 187 Å². The molecule has 0 radical (unpaired) electrons. The summed E-state index contributed by atoms with van der Waals surface area (Å²) in [4.78, 5) is 22.7. The van der Waals surface area contributed by atoms with Gasteiger partial charge in [-0.15, -0.1) is 0 Å². The molecule has 0 spiro atoms. The number of carbonyl (C=O) groups excluding carboxylic acids is 1. The number of carbonyl (C=O) groups is 1. The van der Waals surface area contributed by atoms with Gasteiger partial charge in [-0.3, -0.25) is 4.79 Å². The number of hydrogen-bond donors (Lipinski definition) is 4. The van der Waals surface area contributed by atoms with Gasteiger partial charge in [-0.1, -0.05) is 50.5 Å². The van der Waals surface area contributed by atoms with Crippen molar-refractivity contribution in [3.63, 3.8) is 0 Å². The lowest BCUT2D eigenvalue weighted by atomic mass is 9.73. The molecule has 1 aromatic carbocycles. The summed E-state index contributed by atoms with van der Waals surface area (Å²) in [6.07, 6.45) is -8.40. The van der Waals surface area contributed by atoms with E-state index < -0.39 is 102 Å². The molecule has 4 rings (SSSR count). The summed E-state index contributed by atoms with van der Waals surface area (Å²) in [5.41, 5.74) is 0.547. The molecule has 0 saturated carbocycles. The zero-order valence-corrected chi connectivity index (χ0v) is 41.2. The Hall–Kier alpha value is -2.28. The first-order chi connectivity index (χ1) is 29.3. The molecule has 63 heavy (non-hydrogen) atoms. The average molecular weight is 895 g/mol. The molecule has 4 N–H and O–H groups in total. The van der Waals surface area contributed by atoms with Crippen molar-refractivity contribution in [3.05, 3.63) is 34.4 Å². The van der Waals surface area contributed by atoms with E-state index in [1.807, 2.05) is 67.5 Å².